The summed E-state index contributed by atoms with van der Waals surface area (Å²) in [4.78, 5) is 18.3. The Morgan fingerprint density at radius 2 is 2.15 bits per heavy atom. The molecule has 1 amide bonds. The van der Waals surface area contributed by atoms with E-state index in [1.165, 1.54) is 6.20 Å². The maximum atomic E-state index is 12.0. The van der Waals surface area contributed by atoms with Crippen molar-refractivity contribution in [1.29, 1.82) is 0 Å². The lowest BCUT2D eigenvalue weighted by Crippen LogP contribution is -2.52. The molecule has 0 unspecified atom stereocenters. The van der Waals surface area contributed by atoms with E-state index in [0.29, 0.717) is 11.3 Å². The lowest BCUT2D eigenvalue weighted by atomic mass is 10.2. The maximum absolute atomic E-state index is 12.0. The topological polar surface area (TPSA) is 68.7 Å². The Balaban J connectivity index is 1.92. The first kappa shape index (κ1) is 14.5. The number of piperazine rings is 1. The molecule has 6 heteroatoms. The van der Waals surface area contributed by atoms with E-state index in [0.717, 1.165) is 26.2 Å². The predicted octanol–water partition coefficient (Wildman–Crippen LogP) is -0.682. The van der Waals surface area contributed by atoms with Crippen molar-refractivity contribution < 1.29 is 9.90 Å². The standard InChI is InChI=1S/C14H18N4O2/c1-17-6-8-18(9-7-17)16-14(20)13-5-4-12(11-15-13)3-2-10-19/h4-5,11,19H,6-10H2,1H3,(H,16,20). The number of aliphatic hydroxyl groups is 1. The van der Waals surface area contributed by atoms with Gasteiger partial charge in [-0.2, -0.15) is 0 Å². The first-order valence-corrected chi connectivity index (χ1v) is 6.49. The summed E-state index contributed by atoms with van der Waals surface area (Å²) in [5.74, 6) is 5.06. The summed E-state index contributed by atoms with van der Waals surface area (Å²) >= 11 is 0. The Morgan fingerprint density at radius 1 is 1.40 bits per heavy atom. The summed E-state index contributed by atoms with van der Waals surface area (Å²) in [6.07, 6.45) is 1.53. The molecule has 0 radical (unpaired) electrons. The summed E-state index contributed by atoms with van der Waals surface area (Å²) < 4.78 is 0. The van der Waals surface area contributed by atoms with E-state index in [1.807, 2.05) is 5.01 Å². The number of nitrogens with one attached hydrogen (secondary N) is 1. The fraction of sp³-hybridized carbons (Fsp3) is 0.429. The molecule has 1 aromatic rings. The minimum Gasteiger partial charge on any atom is -0.384 e. The third-order valence-corrected chi connectivity index (χ3v) is 3.07. The van der Waals surface area contributed by atoms with E-state index in [2.05, 4.69) is 34.2 Å². The van der Waals surface area contributed by atoms with Crippen LogP contribution in [0.15, 0.2) is 18.3 Å². The molecule has 1 fully saturated rings. The minimum absolute atomic E-state index is 0.189. The SMILES string of the molecule is CN1CCN(NC(=O)c2ccc(C#CCO)cn2)CC1. The van der Waals surface area contributed by atoms with Crippen LogP contribution in [0, 0.1) is 11.8 Å². The lowest BCUT2D eigenvalue weighted by molar-refractivity contribution is 0.0657. The Morgan fingerprint density at radius 3 is 2.75 bits per heavy atom. The number of amides is 1. The number of hydrogen-bond acceptors (Lipinski definition) is 5. The highest BCUT2D eigenvalue weighted by Gasteiger charge is 2.16. The fourth-order valence-electron chi connectivity index (χ4n) is 1.86. The predicted molar refractivity (Wildman–Crippen MR) is 74.7 cm³/mol. The van der Waals surface area contributed by atoms with Crippen LogP contribution in [0.1, 0.15) is 16.1 Å². The summed E-state index contributed by atoms with van der Waals surface area (Å²) in [6, 6.07) is 3.35. The highest BCUT2D eigenvalue weighted by molar-refractivity contribution is 5.91. The largest absolute Gasteiger partial charge is 0.384 e. The van der Waals surface area contributed by atoms with Crippen molar-refractivity contribution in [2.45, 2.75) is 0 Å². The molecule has 0 aliphatic carbocycles. The second-order valence-corrected chi connectivity index (χ2v) is 4.62. The van der Waals surface area contributed by atoms with E-state index in [9.17, 15) is 4.79 Å². The maximum Gasteiger partial charge on any atom is 0.284 e. The van der Waals surface area contributed by atoms with Crippen molar-refractivity contribution in [3.05, 3.63) is 29.6 Å². The molecular weight excluding hydrogens is 256 g/mol. The molecule has 0 atom stereocenters. The third kappa shape index (κ3) is 4.03. The molecule has 2 N–H and O–H groups in total. The second-order valence-electron chi connectivity index (χ2n) is 4.62. The highest BCUT2D eigenvalue weighted by Crippen LogP contribution is 2.01. The number of aliphatic hydroxyl groups excluding tert-OH is 1. The number of aromatic nitrogens is 1. The summed E-state index contributed by atoms with van der Waals surface area (Å²) in [6.45, 7) is 3.29. The van der Waals surface area contributed by atoms with Crippen LogP contribution in [0.3, 0.4) is 0 Å². The number of nitrogens with zero attached hydrogens (tertiary/aromatic N) is 3. The fourth-order valence-corrected chi connectivity index (χ4v) is 1.86. The number of likely N-dealkylation sites (N-methyl/N-ethyl adjacent to an activating group) is 1. The molecule has 1 aromatic heterocycles. The monoisotopic (exact) mass is 274 g/mol. The lowest BCUT2D eigenvalue weighted by Gasteiger charge is -2.32. The van der Waals surface area contributed by atoms with Gasteiger partial charge in [0.1, 0.15) is 12.3 Å². The van der Waals surface area contributed by atoms with E-state index in [-0.39, 0.29) is 12.5 Å². The van der Waals surface area contributed by atoms with Gasteiger partial charge in [-0.05, 0) is 19.2 Å². The third-order valence-electron chi connectivity index (χ3n) is 3.07. The van der Waals surface area contributed by atoms with Gasteiger partial charge >= 0.3 is 0 Å². The number of carbonyl (C=O) groups excluding carboxylic acids is 1. The molecule has 0 bridgehead atoms. The molecule has 0 aromatic carbocycles. The summed E-state index contributed by atoms with van der Waals surface area (Å²) in [7, 11) is 2.06. The van der Waals surface area contributed by atoms with Gasteiger partial charge in [0.05, 0.1) is 0 Å². The molecule has 1 aliphatic rings. The van der Waals surface area contributed by atoms with Crippen molar-refractivity contribution in [2.24, 2.45) is 0 Å². The zero-order chi connectivity index (χ0) is 14.4. The average Bonchev–Trinajstić information content (AvgIpc) is 2.48. The minimum atomic E-state index is -0.212. The molecule has 106 valence electrons. The van der Waals surface area contributed by atoms with Gasteiger partial charge in [-0.3, -0.25) is 10.2 Å². The van der Waals surface area contributed by atoms with Crippen molar-refractivity contribution in [3.63, 3.8) is 0 Å². The molecule has 2 heterocycles. The van der Waals surface area contributed by atoms with Crippen LogP contribution in [0.4, 0.5) is 0 Å². The van der Waals surface area contributed by atoms with Crippen LogP contribution in [0.5, 0.6) is 0 Å². The van der Waals surface area contributed by atoms with Gasteiger partial charge in [-0.1, -0.05) is 11.8 Å². The Kier molecular flexibility index (Phi) is 5.07. The number of carbonyl (C=O) groups is 1. The quantitative estimate of drug-likeness (QED) is 0.699. The zero-order valence-electron chi connectivity index (χ0n) is 11.5. The smallest absolute Gasteiger partial charge is 0.284 e. The summed E-state index contributed by atoms with van der Waals surface area (Å²) in [5, 5.41) is 10.5. The Bertz CT molecular complexity index is 510. The van der Waals surface area contributed by atoms with E-state index >= 15 is 0 Å². The normalized spacial score (nSPS) is 16.3. The van der Waals surface area contributed by atoms with Crippen LogP contribution in [0.2, 0.25) is 0 Å². The molecular formula is C14H18N4O2. The Labute approximate surface area is 118 Å². The van der Waals surface area contributed by atoms with Gasteiger partial charge in [-0.15, -0.1) is 0 Å². The van der Waals surface area contributed by atoms with Crippen LogP contribution in [-0.4, -0.2) is 65.7 Å². The second kappa shape index (κ2) is 7.01. The van der Waals surface area contributed by atoms with Crippen LogP contribution >= 0.6 is 0 Å². The molecule has 2 rings (SSSR count). The number of hydrogen-bond donors (Lipinski definition) is 2. The Hall–Kier alpha value is -1.94. The van der Waals surface area contributed by atoms with Gasteiger partial charge in [0.2, 0.25) is 0 Å². The zero-order valence-corrected chi connectivity index (χ0v) is 11.5. The molecule has 1 saturated heterocycles. The van der Waals surface area contributed by atoms with Crippen molar-refractivity contribution in [2.75, 3.05) is 39.8 Å². The first-order chi connectivity index (χ1) is 9.69. The average molecular weight is 274 g/mol. The van der Waals surface area contributed by atoms with Crippen molar-refractivity contribution in [3.8, 4) is 11.8 Å². The van der Waals surface area contributed by atoms with Gasteiger partial charge in [0.25, 0.3) is 5.91 Å². The van der Waals surface area contributed by atoms with Gasteiger partial charge in [-0.25, -0.2) is 9.99 Å². The molecule has 20 heavy (non-hydrogen) atoms. The van der Waals surface area contributed by atoms with Crippen LogP contribution in [0.25, 0.3) is 0 Å². The van der Waals surface area contributed by atoms with Crippen LogP contribution in [-0.2, 0) is 0 Å². The van der Waals surface area contributed by atoms with Gasteiger partial charge in [0.15, 0.2) is 0 Å². The van der Waals surface area contributed by atoms with E-state index < -0.39 is 0 Å². The number of hydrazine groups is 1. The molecule has 6 nitrogen and oxygen atoms in total. The number of pyridine rings is 1. The van der Waals surface area contributed by atoms with Gasteiger partial charge in [0, 0.05) is 37.9 Å². The van der Waals surface area contributed by atoms with Crippen molar-refractivity contribution >= 4 is 5.91 Å². The first-order valence-electron chi connectivity index (χ1n) is 6.49. The highest BCUT2D eigenvalue weighted by atomic mass is 16.2. The molecule has 1 aliphatic heterocycles. The van der Waals surface area contributed by atoms with E-state index in [4.69, 9.17) is 5.11 Å². The summed E-state index contributed by atoms with van der Waals surface area (Å²) in [5.41, 5.74) is 3.88. The van der Waals surface area contributed by atoms with Crippen molar-refractivity contribution in [1.82, 2.24) is 20.3 Å². The number of rotatable bonds is 2. The van der Waals surface area contributed by atoms with Crippen LogP contribution < -0.4 is 5.43 Å². The van der Waals surface area contributed by atoms with E-state index in [1.54, 1.807) is 12.1 Å². The molecule has 0 spiro atoms. The molecule has 0 saturated carbocycles. The van der Waals surface area contributed by atoms with Gasteiger partial charge < -0.3 is 10.0 Å².